The highest BCUT2D eigenvalue weighted by Gasteiger charge is 2.26. The Hall–Kier alpha value is -3.02. The van der Waals surface area contributed by atoms with Gasteiger partial charge in [-0.3, -0.25) is 4.79 Å². The van der Waals surface area contributed by atoms with E-state index in [-0.39, 0.29) is 18.0 Å². The van der Waals surface area contributed by atoms with Gasteiger partial charge in [0.2, 0.25) is 0 Å². The molecule has 2 aliphatic rings. The number of aliphatic carboxylic acids is 1. The number of carboxylic acids is 1. The molecule has 0 spiro atoms. The van der Waals surface area contributed by atoms with E-state index in [9.17, 15) is 9.59 Å². The van der Waals surface area contributed by atoms with Gasteiger partial charge in [0.25, 0.3) is 0 Å². The zero-order valence-corrected chi connectivity index (χ0v) is 15.6. The Labute approximate surface area is 163 Å². The largest absolute Gasteiger partial charge is 0.493 e. The number of anilines is 1. The molecular formula is C22H24N2O4. The third kappa shape index (κ3) is 4.11. The number of carbonyl (C=O) groups is 2. The monoisotopic (exact) mass is 380 g/mol. The highest BCUT2D eigenvalue weighted by Crippen LogP contribution is 2.31. The van der Waals surface area contributed by atoms with Crippen LogP contribution < -0.4 is 15.4 Å². The van der Waals surface area contributed by atoms with Crippen molar-refractivity contribution in [3.05, 3.63) is 48.0 Å². The lowest BCUT2D eigenvalue weighted by molar-refractivity contribution is -0.142. The fraction of sp³-hybridized carbons (Fsp3) is 0.364. The van der Waals surface area contributed by atoms with E-state index in [0.717, 1.165) is 35.6 Å². The summed E-state index contributed by atoms with van der Waals surface area (Å²) in [5.74, 6) is -0.0663. The van der Waals surface area contributed by atoms with E-state index in [0.29, 0.717) is 25.7 Å². The number of nitrogens with one attached hydrogen (secondary N) is 2. The normalized spacial score (nSPS) is 20.7. The topological polar surface area (TPSA) is 87.7 Å². The highest BCUT2D eigenvalue weighted by molar-refractivity contribution is 5.90. The van der Waals surface area contributed by atoms with Crippen molar-refractivity contribution in [3.63, 3.8) is 0 Å². The maximum Gasteiger partial charge on any atom is 0.319 e. The summed E-state index contributed by atoms with van der Waals surface area (Å²) in [6, 6.07) is 13.7. The summed E-state index contributed by atoms with van der Waals surface area (Å²) in [6.07, 6.45) is 3.53. The second kappa shape index (κ2) is 7.92. The predicted octanol–water partition coefficient (Wildman–Crippen LogP) is 4.05. The summed E-state index contributed by atoms with van der Waals surface area (Å²) in [7, 11) is 0. The van der Waals surface area contributed by atoms with Crippen LogP contribution in [0.15, 0.2) is 42.5 Å². The molecule has 6 heteroatoms. The molecule has 4 rings (SSSR count). The Bertz CT molecular complexity index is 888. The SMILES string of the molecule is O=C(Nc1cccc(-c2ccc3c(c2)CCO3)c1)NC1CCC(C(=O)O)CC1. The van der Waals surface area contributed by atoms with E-state index >= 15 is 0 Å². The molecule has 3 N–H and O–H groups in total. The molecule has 1 aliphatic heterocycles. The van der Waals surface area contributed by atoms with E-state index < -0.39 is 5.97 Å². The van der Waals surface area contributed by atoms with Gasteiger partial charge < -0.3 is 20.5 Å². The van der Waals surface area contributed by atoms with Gasteiger partial charge in [-0.15, -0.1) is 0 Å². The van der Waals surface area contributed by atoms with Gasteiger partial charge in [0, 0.05) is 18.2 Å². The number of amides is 2. The van der Waals surface area contributed by atoms with Crippen LogP contribution in [0.2, 0.25) is 0 Å². The second-order valence-corrected chi connectivity index (χ2v) is 7.49. The molecule has 0 radical (unpaired) electrons. The highest BCUT2D eigenvalue weighted by atomic mass is 16.5. The lowest BCUT2D eigenvalue weighted by Gasteiger charge is -2.26. The van der Waals surface area contributed by atoms with Crippen molar-refractivity contribution >= 4 is 17.7 Å². The molecule has 1 heterocycles. The number of urea groups is 1. The van der Waals surface area contributed by atoms with E-state index in [2.05, 4.69) is 16.7 Å². The summed E-state index contributed by atoms with van der Waals surface area (Å²) < 4.78 is 5.56. The first-order valence-electron chi connectivity index (χ1n) is 9.75. The maximum atomic E-state index is 12.3. The Morgan fingerprint density at radius 3 is 2.57 bits per heavy atom. The standard InChI is InChI=1S/C22H24N2O4/c25-21(26)14-4-7-18(8-5-14)23-22(27)24-19-3-1-2-15(13-19)16-6-9-20-17(12-16)10-11-28-20/h1-3,6,9,12-14,18H,4-5,7-8,10-11H2,(H,25,26)(H2,23,24,27). The first kappa shape index (κ1) is 18.3. The molecule has 6 nitrogen and oxygen atoms in total. The van der Waals surface area contributed by atoms with Gasteiger partial charge in [-0.1, -0.05) is 18.2 Å². The fourth-order valence-electron chi connectivity index (χ4n) is 3.98. The van der Waals surface area contributed by atoms with Crippen molar-refractivity contribution in [3.8, 4) is 16.9 Å². The Kier molecular flexibility index (Phi) is 5.19. The summed E-state index contributed by atoms with van der Waals surface area (Å²) in [6.45, 7) is 0.731. The molecule has 2 aromatic rings. The number of carboxylic acid groups (broad SMARTS) is 1. The molecule has 0 bridgehead atoms. The molecular weight excluding hydrogens is 356 g/mol. The molecule has 1 aliphatic carbocycles. The van der Waals surface area contributed by atoms with Gasteiger partial charge in [0.1, 0.15) is 5.75 Å². The third-order valence-electron chi connectivity index (χ3n) is 5.55. The Balaban J connectivity index is 1.37. The van der Waals surface area contributed by atoms with Crippen LogP contribution in [0, 0.1) is 5.92 Å². The lowest BCUT2D eigenvalue weighted by Crippen LogP contribution is -2.40. The quantitative estimate of drug-likeness (QED) is 0.747. The van der Waals surface area contributed by atoms with E-state index in [1.54, 1.807) is 0 Å². The van der Waals surface area contributed by atoms with Crippen molar-refractivity contribution in [2.24, 2.45) is 5.92 Å². The molecule has 28 heavy (non-hydrogen) atoms. The molecule has 2 amide bonds. The molecule has 0 unspecified atom stereocenters. The van der Waals surface area contributed by atoms with Gasteiger partial charge in [-0.2, -0.15) is 0 Å². The van der Waals surface area contributed by atoms with E-state index in [1.807, 2.05) is 36.4 Å². The van der Waals surface area contributed by atoms with Crippen LogP contribution in [0.1, 0.15) is 31.2 Å². The van der Waals surface area contributed by atoms with E-state index in [4.69, 9.17) is 9.84 Å². The van der Waals surface area contributed by atoms with Crippen molar-refractivity contribution < 1.29 is 19.4 Å². The molecule has 2 aromatic carbocycles. The van der Waals surface area contributed by atoms with Crippen molar-refractivity contribution in [2.45, 2.75) is 38.1 Å². The van der Waals surface area contributed by atoms with Crippen LogP contribution in [0.3, 0.4) is 0 Å². The summed E-state index contributed by atoms with van der Waals surface area (Å²) >= 11 is 0. The number of carbonyl (C=O) groups excluding carboxylic acids is 1. The number of ether oxygens (including phenoxy) is 1. The van der Waals surface area contributed by atoms with Crippen LogP contribution in [0.4, 0.5) is 10.5 Å². The Morgan fingerprint density at radius 2 is 1.79 bits per heavy atom. The zero-order valence-electron chi connectivity index (χ0n) is 15.6. The number of hydrogen-bond donors (Lipinski definition) is 3. The lowest BCUT2D eigenvalue weighted by atomic mass is 9.86. The second-order valence-electron chi connectivity index (χ2n) is 7.49. The molecule has 146 valence electrons. The number of fused-ring (bicyclic) bond motifs is 1. The van der Waals surface area contributed by atoms with Crippen molar-refractivity contribution in [1.29, 1.82) is 0 Å². The van der Waals surface area contributed by atoms with Crippen LogP contribution in [0.5, 0.6) is 5.75 Å². The molecule has 0 atom stereocenters. The molecule has 1 saturated carbocycles. The molecule has 0 aromatic heterocycles. The molecule has 0 saturated heterocycles. The predicted molar refractivity (Wildman–Crippen MR) is 107 cm³/mol. The van der Waals surface area contributed by atoms with Crippen LogP contribution in [-0.2, 0) is 11.2 Å². The Morgan fingerprint density at radius 1 is 1.00 bits per heavy atom. The van der Waals surface area contributed by atoms with Crippen LogP contribution in [0.25, 0.3) is 11.1 Å². The minimum Gasteiger partial charge on any atom is -0.493 e. The van der Waals surface area contributed by atoms with Crippen LogP contribution in [-0.4, -0.2) is 29.8 Å². The van der Waals surface area contributed by atoms with Gasteiger partial charge in [-0.05, 0) is 66.6 Å². The molecule has 1 fully saturated rings. The average molecular weight is 380 g/mol. The zero-order chi connectivity index (χ0) is 19.5. The first-order chi connectivity index (χ1) is 13.6. The van der Waals surface area contributed by atoms with Gasteiger partial charge in [-0.25, -0.2) is 4.79 Å². The smallest absolute Gasteiger partial charge is 0.319 e. The first-order valence-corrected chi connectivity index (χ1v) is 9.75. The summed E-state index contributed by atoms with van der Waals surface area (Å²) in [5.41, 5.74) is 4.08. The number of rotatable bonds is 4. The fourth-order valence-corrected chi connectivity index (χ4v) is 3.98. The average Bonchev–Trinajstić information content (AvgIpc) is 3.16. The van der Waals surface area contributed by atoms with Crippen LogP contribution >= 0.6 is 0 Å². The number of hydrogen-bond acceptors (Lipinski definition) is 3. The summed E-state index contributed by atoms with van der Waals surface area (Å²) in [4.78, 5) is 23.4. The van der Waals surface area contributed by atoms with Crippen molar-refractivity contribution in [2.75, 3.05) is 11.9 Å². The minimum atomic E-state index is -0.738. The number of benzene rings is 2. The van der Waals surface area contributed by atoms with Crippen molar-refractivity contribution in [1.82, 2.24) is 5.32 Å². The minimum absolute atomic E-state index is 0.0236. The third-order valence-corrected chi connectivity index (χ3v) is 5.55. The maximum absolute atomic E-state index is 12.3. The van der Waals surface area contributed by atoms with Gasteiger partial charge >= 0.3 is 12.0 Å². The van der Waals surface area contributed by atoms with Gasteiger partial charge in [0.05, 0.1) is 12.5 Å². The summed E-state index contributed by atoms with van der Waals surface area (Å²) in [5, 5.41) is 14.9. The van der Waals surface area contributed by atoms with Gasteiger partial charge in [0.15, 0.2) is 0 Å². The van der Waals surface area contributed by atoms with E-state index in [1.165, 1.54) is 5.56 Å².